The number of rotatable bonds is 7. The average molecular weight is 368 g/mol. The van der Waals surface area contributed by atoms with Crippen molar-refractivity contribution in [2.45, 2.75) is 63.1 Å². The van der Waals surface area contributed by atoms with Crippen molar-refractivity contribution in [1.29, 1.82) is 0 Å². The minimum absolute atomic E-state index is 0.111. The largest absolute Gasteiger partial charge is 0.394 e. The van der Waals surface area contributed by atoms with E-state index in [1.807, 2.05) is 37.3 Å². The van der Waals surface area contributed by atoms with E-state index in [4.69, 9.17) is 15.2 Å². The van der Waals surface area contributed by atoms with Gasteiger partial charge >= 0.3 is 0 Å². The number of aliphatic hydroxyl groups is 3. The number of aliphatic hydroxyl groups excluding tert-OH is 3. The average Bonchev–Trinajstić information content (AvgIpc) is 2.62. The molecule has 1 heterocycles. The maximum absolute atomic E-state index is 12.4. The molecule has 1 amide bonds. The molecular weight excluding hydrogens is 340 g/mol. The van der Waals surface area contributed by atoms with E-state index in [0.29, 0.717) is 6.42 Å². The molecule has 1 aliphatic heterocycles. The van der Waals surface area contributed by atoms with Crippen molar-refractivity contribution in [1.82, 2.24) is 5.32 Å². The lowest BCUT2D eigenvalue weighted by Gasteiger charge is -2.41. The zero-order valence-corrected chi connectivity index (χ0v) is 15.0. The monoisotopic (exact) mass is 368 g/mol. The van der Waals surface area contributed by atoms with Crippen LogP contribution >= 0.6 is 0 Å². The molecule has 5 unspecified atom stereocenters. The number of nitrogens with two attached hydrogens (primary N) is 1. The first-order valence-electron chi connectivity index (χ1n) is 8.71. The molecule has 146 valence electrons. The number of ether oxygens (including phenoxy) is 2. The Bertz CT molecular complexity index is 572. The van der Waals surface area contributed by atoms with Crippen LogP contribution in [0.15, 0.2) is 30.3 Å². The Kier molecular flexibility index (Phi) is 7.51. The van der Waals surface area contributed by atoms with E-state index in [1.54, 1.807) is 6.92 Å². The van der Waals surface area contributed by atoms with E-state index in [2.05, 4.69) is 5.32 Å². The zero-order valence-electron chi connectivity index (χ0n) is 15.0. The molecule has 8 nitrogen and oxygen atoms in total. The van der Waals surface area contributed by atoms with Crippen molar-refractivity contribution in [2.24, 2.45) is 5.73 Å². The summed E-state index contributed by atoms with van der Waals surface area (Å²) < 4.78 is 10.6. The molecule has 1 aliphatic rings. The summed E-state index contributed by atoms with van der Waals surface area (Å²) in [5, 5.41) is 32.0. The molecular formula is C18H28N2O6. The van der Waals surface area contributed by atoms with Crippen LogP contribution in [0.3, 0.4) is 0 Å². The summed E-state index contributed by atoms with van der Waals surface area (Å²) in [7, 11) is 0. The van der Waals surface area contributed by atoms with Gasteiger partial charge in [-0.25, -0.2) is 0 Å². The van der Waals surface area contributed by atoms with Gasteiger partial charge in [-0.05, 0) is 25.8 Å². The van der Waals surface area contributed by atoms with E-state index in [0.717, 1.165) is 5.56 Å². The molecule has 0 spiro atoms. The Morgan fingerprint density at radius 3 is 2.58 bits per heavy atom. The van der Waals surface area contributed by atoms with Crippen LogP contribution in [0.2, 0.25) is 0 Å². The van der Waals surface area contributed by atoms with E-state index in [1.165, 1.54) is 0 Å². The van der Waals surface area contributed by atoms with Crippen LogP contribution in [0, 0.1) is 0 Å². The lowest BCUT2D eigenvalue weighted by Crippen LogP contribution is -2.63. The van der Waals surface area contributed by atoms with Crippen molar-refractivity contribution < 1.29 is 29.6 Å². The molecule has 7 atom stereocenters. The Balaban J connectivity index is 1.90. The van der Waals surface area contributed by atoms with Crippen molar-refractivity contribution in [2.75, 3.05) is 6.61 Å². The van der Waals surface area contributed by atoms with Gasteiger partial charge in [-0.1, -0.05) is 30.3 Å². The molecule has 1 aromatic carbocycles. The minimum atomic E-state index is -1.40. The summed E-state index contributed by atoms with van der Waals surface area (Å²) >= 11 is 0. The quantitative estimate of drug-likeness (QED) is 0.413. The van der Waals surface area contributed by atoms with Crippen LogP contribution in [0.5, 0.6) is 0 Å². The topological polar surface area (TPSA) is 134 Å². The van der Waals surface area contributed by atoms with Gasteiger partial charge in [0, 0.05) is 6.04 Å². The Morgan fingerprint density at radius 2 is 1.96 bits per heavy atom. The highest BCUT2D eigenvalue weighted by atomic mass is 16.6. The van der Waals surface area contributed by atoms with Crippen LogP contribution in [0.4, 0.5) is 0 Å². The molecule has 1 fully saturated rings. The minimum Gasteiger partial charge on any atom is -0.394 e. The Morgan fingerprint density at radius 1 is 1.31 bits per heavy atom. The zero-order chi connectivity index (χ0) is 19.3. The van der Waals surface area contributed by atoms with E-state index >= 15 is 0 Å². The SMILES string of the molecule is C[C@@H](Cc1ccccc1)NC(=O)[C@@H](C)OC1C(N)C(O)OC(CO)C1O. The number of amides is 1. The third-order valence-electron chi connectivity index (χ3n) is 4.42. The summed E-state index contributed by atoms with van der Waals surface area (Å²) in [6.07, 6.45) is -4.95. The fraction of sp³-hybridized carbons (Fsp3) is 0.611. The summed E-state index contributed by atoms with van der Waals surface area (Å²) in [6.45, 7) is 2.93. The van der Waals surface area contributed by atoms with Crippen LogP contribution in [0.1, 0.15) is 19.4 Å². The first-order valence-corrected chi connectivity index (χ1v) is 8.71. The number of carbonyl (C=O) groups is 1. The van der Waals surface area contributed by atoms with E-state index in [-0.39, 0.29) is 11.9 Å². The van der Waals surface area contributed by atoms with Crippen LogP contribution in [-0.2, 0) is 20.7 Å². The number of carbonyl (C=O) groups excluding carboxylic acids is 1. The fourth-order valence-electron chi connectivity index (χ4n) is 2.95. The molecule has 0 aromatic heterocycles. The third-order valence-corrected chi connectivity index (χ3v) is 4.42. The third kappa shape index (κ3) is 5.23. The van der Waals surface area contributed by atoms with Gasteiger partial charge in [0.15, 0.2) is 6.29 Å². The van der Waals surface area contributed by atoms with Gasteiger partial charge in [0.1, 0.15) is 24.4 Å². The van der Waals surface area contributed by atoms with Crippen molar-refractivity contribution in [3.8, 4) is 0 Å². The van der Waals surface area contributed by atoms with Gasteiger partial charge in [-0.3, -0.25) is 4.79 Å². The van der Waals surface area contributed by atoms with Crippen molar-refractivity contribution in [3.63, 3.8) is 0 Å². The molecule has 0 saturated carbocycles. The second kappa shape index (κ2) is 9.40. The van der Waals surface area contributed by atoms with Gasteiger partial charge < -0.3 is 35.8 Å². The molecule has 26 heavy (non-hydrogen) atoms. The number of hydrogen-bond donors (Lipinski definition) is 5. The molecule has 1 aromatic rings. The highest BCUT2D eigenvalue weighted by Gasteiger charge is 2.44. The maximum Gasteiger partial charge on any atom is 0.249 e. The number of benzene rings is 1. The van der Waals surface area contributed by atoms with Gasteiger partial charge in [0.05, 0.1) is 12.6 Å². The Labute approximate surface area is 152 Å². The fourth-order valence-corrected chi connectivity index (χ4v) is 2.95. The number of nitrogens with one attached hydrogen (secondary N) is 1. The molecule has 0 bridgehead atoms. The van der Waals surface area contributed by atoms with Gasteiger partial charge in [0.25, 0.3) is 0 Å². The van der Waals surface area contributed by atoms with Crippen LogP contribution in [0.25, 0.3) is 0 Å². The predicted octanol–water partition coefficient (Wildman–Crippen LogP) is -1.09. The highest BCUT2D eigenvalue weighted by Crippen LogP contribution is 2.22. The summed E-state index contributed by atoms with van der Waals surface area (Å²) in [5.74, 6) is -0.352. The van der Waals surface area contributed by atoms with Crippen LogP contribution in [-0.4, -0.2) is 70.6 Å². The molecule has 8 heteroatoms. The Hall–Kier alpha value is -1.55. The summed E-state index contributed by atoms with van der Waals surface area (Å²) in [5.41, 5.74) is 6.91. The van der Waals surface area contributed by atoms with Gasteiger partial charge in [-0.2, -0.15) is 0 Å². The second-order valence-electron chi connectivity index (χ2n) is 6.66. The van der Waals surface area contributed by atoms with Crippen molar-refractivity contribution >= 4 is 5.91 Å². The van der Waals surface area contributed by atoms with Gasteiger partial charge in [-0.15, -0.1) is 0 Å². The smallest absolute Gasteiger partial charge is 0.249 e. The first-order chi connectivity index (χ1) is 12.3. The van der Waals surface area contributed by atoms with Gasteiger partial charge in [0.2, 0.25) is 5.91 Å². The van der Waals surface area contributed by atoms with E-state index < -0.39 is 43.4 Å². The lowest BCUT2D eigenvalue weighted by atomic mass is 9.97. The molecule has 0 aliphatic carbocycles. The molecule has 6 N–H and O–H groups in total. The lowest BCUT2D eigenvalue weighted by molar-refractivity contribution is -0.261. The first kappa shape index (κ1) is 20.8. The summed E-state index contributed by atoms with van der Waals surface area (Å²) in [6, 6.07) is 8.62. The predicted molar refractivity (Wildman–Crippen MR) is 94.0 cm³/mol. The summed E-state index contributed by atoms with van der Waals surface area (Å²) in [4.78, 5) is 12.4. The second-order valence-corrected chi connectivity index (χ2v) is 6.66. The molecule has 1 saturated heterocycles. The van der Waals surface area contributed by atoms with Crippen molar-refractivity contribution in [3.05, 3.63) is 35.9 Å². The molecule has 0 radical (unpaired) electrons. The normalized spacial score (nSPS) is 31.2. The van der Waals surface area contributed by atoms with Crippen LogP contribution < -0.4 is 11.1 Å². The standard InChI is InChI=1S/C18H28N2O6/c1-10(8-12-6-4-3-5-7-12)20-17(23)11(2)25-16-14(19)18(24)26-13(9-21)15(16)22/h3-7,10-11,13-16,18,21-22,24H,8-9,19H2,1-2H3,(H,20,23)/t10-,11+,13?,14?,15?,16?,18?/m0/s1. The molecule has 2 rings (SSSR count). The van der Waals surface area contributed by atoms with E-state index in [9.17, 15) is 20.1 Å². The maximum atomic E-state index is 12.4. The highest BCUT2D eigenvalue weighted by molar-refractivity contribution is 5.80. The number of hydrogen-bond acceptors (Lipinski definition) is 7.